The second kappa shape index (κ2) is 8.12. The maximum absolute atomic E-state index is 14.0. The second-order valence-electron chi connectivity index (χ2n) is 6.38. The summed E-state index contributed by atoms with van der Waals surface area (Å²) in [5, 5.41) is 6.90. The number of hydrogen-bond donors (Lipinski definition) is 3. The summed E-state index contributed by atoms with van der Waals surface area (Å²) in [7, 11) is 1.13. The molecule has 29 heavy (non-hydrogen) atoms. The van der Waals surface area contributed by atoms with E-state index in [-0.39, 0.29) is 37.6 Å². The SMILES string of the molecule is COC(=O)Nc1ccc(NC(=O)C(=O)N2CCN3C(=O)C(=O)NCC3C2)cc1F. The number of amides is 5. The van der Waals surface area contributed by atoms with Gasteiger partial charge in [0.1, 0.15) is 5.82 Å². The minimum absolute atomic E-state index is 0.0232. The Hall–Kier alpha value is -3.70. The van der Waals surface area contributed by atoms with Crippen molar-refractivity contribution in [1.29, 1.82) is 0 Å². The van der Waals surface area contributed by atoms with E-state index in [0.29, 0.717) is 0 Å². The molecule has 3 N–H and O–H groups in total. The maximum atomic E-state index is 14.0. The number of hydrogen-bond acceptors (Lipinski definition) is 6. The molecule has 0 radical (unpaired) electrons. The van der Waals surface area contributed by atoms with Crippen molar-refractivity contribution in [2.24, 2.45) is 0 Å². The predicted molar refractivity (Wildman–Crippen MR) is 96.1 cm³/mol. The molecule has 1 aromatic rings. The van der Waals surface area contributed by atoms with Gasteiger partial charge in [-0.3, -0.25) is 24.5 Å². The molecule has 0 aromatic heterocycles. The van der Waals surface area contributed by atoms with Crippen LogP contribution in [0, 0.1) is 5.82 Å². The lowest BCUT2D eigenvalue weighted by Crippen LogP contribution is -2.66. The number of nitrogens with one attached hydrogen (secondary N) is 3. The molecule has 2 aliphatic heterocycles. The van der Waals surface area contributed by atoms with Crippen LogP contribution in [0.15, 0.2) is 18.2 Å². The summed E-state index contributed by atoms with van der Waals surface area (Å²) in [5.41, 5.74) is -0.128. The third-order valence-corrected chi connectivity index (χ3v) is 4.57. The average Bonchev–Trinajstić information content (AvgIpc) is 2.71. The molecule has 2 saturated heterocycles. The summed E-state index contributed by atoms with van der Waals surface area (Å²) >= 11 is 0. The zero-order chi connectivity index (χ0) is 21.1. The fraction of sp³-hybridized carbons (Fsp3) is 0.353. The minimum Gasteiger partial charge on any atom is -0.453 e. The molecule has 154 valence electrons. The van der Waals surface area contributed by atoms with Crippen LogP contribution in [0.4, 0.5) is 20.6 Å². The quantitative estimate of drug-likeness (QED) is 0.544. The van der Waals surface area contributed by atoms with Gasteiger partial charge in [-0.25, -0.2) is 9.18 Å². The number of benzene rings is 1. The van der Waals surface area contributed by atoms with Gasteiger partial charge < -0.3 is 25.2 Å². The third kappa shape index (κ3) is 4.25. The molecule has 2 fully saturated rings. The number of halogens is 1. The number of ether oxygens (including phenoxy) is 1. The van der Waals surface area contributed by atoms with Crippen LogP contribution in [0.2, 0.25) is 0 Å². The largest absolute Gasteiger partial charge is 0.453 e. The van der Waals surface area contributed by atoms with E-state index in [1.807, 2.05) is 0 Å². The lowest BCUT2D eigenvalue weighted by Gasteiger charge is -2.43. The van der Waals surface area contributed by atoms with Gasteiger partial charge in [0.2, 0.25) is 0 Å². The van der Waals surface area contributed by atoms with Gasteiger partial charge in [-0.2, -0.15) is 0 Å². The number of methoxy groups -OCH3 is 1. The smallest absolute Gasteiger partial charge is 0.411 e. The maximum Gasteiger partial charge on any atom is 0.411 e. The van der Waals surface area contributed by atoms with Crippen LogP contribution in [0.1, 0.15) is 0 Å². The molecular weight excluding hydrogens is 389 g/mol. The number of piperazine rings is 2. The van der Waals surface area contributed by atoms with Crippen LogP contribution < -0.4 is 16.0 Å². The Morgan fingerprint density at radius 2 is 1.97 bits per heavy atom. The Balaban J connectivity index is 1.60. The van der Waals surface area contributed by atoms with Crippen molar-refractivity contribution in [2.75, 3.05) is 43.9 Å². The van der Waals surface area contributed by atoms with Crippen molar-refractivity contribution in [3.8, 4) is 0 Å². The minimum atomic E-state index is -0.974. The molecule has 0 aliphatic carbocycles. The number of nitrogens with zero attached hydrogens (tertiary/aromatic N) is 2. The van der Waals surface area contributed by atoms with Gasteiger partial charge in [0.05, 0.1) is 18.8 Å². The van der Waals surface area contributed by atoms with E-state index in [9.17, 15) is 28.4 Å². The van der Waals surface area contributed by atoms with E-state index in [2.05, 4.69) is 20.7 Å². The molecule has 1 atom stereocenters. The molecule has 5 amide bonds. The lowest BCUT2D eigenvalue weighted by atomic mass is 10.1. The summed E-state index contributed by atoms with van der Waals surface area (Å²) in [6, 6.07) is 3.06. The van der Waals surface area contributed by atoms with Gasteiger partial charge in [-0.15, -0.1) is 0 Å². The van der Waals surface area contributed by atoms with Crippen LogP contribution in [0.25, 0.3) is 0 Å². The van der Waals surface area contributed by atoms with Crippen LogP contribution in [-0.2, 0) is 23.9 Å². The van der Waals surface area contributed by atoms with Crippen LogP contribution in [0.3, 0.4) is 0 Å². The van der Waals surface area contributed by atoms with Crippen LogP contribution in [0.5, 0.6) is 0 Å². The van der Waals surface area contributed by atoms with Crippen molar-refractivity contribution >= 4 is 41.1 Å². The summed E-state index contributed by atoms with van der Waals surface area (Å²) < 4.78 is 18.4. The van der Waals surface area contributed by atoms with E-state index in [1.54, 1.807) is 0 Å². The second-order valence-corrected chi connectivity index (χ2v) is 6.38. The predicted octanol–water partition coefficient (Wildman–Crippen LogP) is -0.888. The Bertz CT molecular complexity index is 891. The lowest BCUT2D eigenvalue weighted by molar-refractivity contribution is -0.155. The van der Waals surface area contributed by atoms with Crippen LogP contribution in [-0.4, -0.2) is 78.9 Å². The molecule has 0 bridgehead atoms. The zero-order valence-electron chi connectivity index (χ0n) is 15.4. The van der Waals surface area contributed by atoms with Crippen LogP contribution >= 0.6 is 0 Å². The highest BCUT2D eigenvalue weighted by molar-refractivity contribution is 6.39. The first kappa shape index (κ1) is 20.0. The first-order valence-electron chi connectivity index (χ1n) is 8.63. The Morgan fingerprint density at radius 1 is 1.21 bits per heavy atom. The number of carbonyl (C=O) groups excluding carboxylic acids is 5. The van der Waals surface area contributed by atoms with Gasteiger partial charge in [-0.05, 0) is 18.2 Å². The number of rotatable bonds is 2. The van der Waals surface area contributed by atoms with E-state index in [4.69, 9.17) is 0 Å². The molecule has 3 rings (SSSR count). The van der Waals surface area contributed by atoms with Crippen molar-refractivity contribution in [3.63, 3.8) is 0 Å². The molecule has 1 unspecified atom stereocenters. The van der Waals surface area contributed by atoms with E-state index < -0.39 is 41.6 Å². The fourth-order valence-corrected chi connectivity index (χ4v) is 3.08. The van der Waals surface area contributed by atoms with Gasteiger partial charge in [-0.1, -0.05) is 0 Å². The molecule has 11 nitrogen and oxygen atoms in total. The topological polar surface area (TPSA) is 137 Å². The van der Waals surface area contributed by atoms with Gasteiger partial charge >= 0.3 is 29.7 Å². The van der Waals surface area contributed by atoms with E-state index in [1.165, 1.54) is 21.9 Å². The monoisotopic (exact) mass is 407 g/mol. The van der Waals surface area contributed by atoms with Gasteiger partial charge in [0, 0.05) is 31.9 Å². The third-order valence-electron chi connectivity index (χ3n) is 4.57. The Morgan fingerprint density at radius 3 is 2.66 bits per heavy atom. The van der Waals surface area contributed by atoms with E-state index >= 15 is 0 Å². The van der Waals surface area contributed by atoms with E-state index in [0.717, 1.165) is 13.2 Å². The zero-order valence-corrected chi connectivity index (χ0v) is 15.4. The highest BCUT2D eigenvalue weighted by Gasteiger charge is 2.39. The Labute approximate surface area is 164 Å². The van der Waals surface area contributed by atoms with Crippen molar-refractivity contribution in [2.45, 2.75) is 6.04 Å². The van der Waals surface area contributed by atoms with Crippen molar-refractivity contribution in [1.82, 2.24) is 15.1 Å². The normalized spacial score (nSPS) is 18.5. The first-order chi connectivity index (χ1) is 13.8. The highest BCUT2D eigenvalue weighted by Crippen LogP contribution is 2.20. The molecule has 2 heterocycles. The summed E-state index contributed by atoms with van der Waals surface area (Å²) in [5.74, 6) is -3.99. The number of carbonyl (C=O) groups is 5. The Kier molecular flexibility index (Phi) is 5.61. The standard InChI is InChI=1S/C17H18FN5O6/c1-29-17(28)21-12-3-2-9(6-11(12)18)20-14(25)15(26)22-4-5-23-10(8-22)7-19-13(24)16(23)27/h2-3,6,10H,4-5,7-8H2,1H3,(H,19,24)(H,20,25)(H,21,28). The molecule has 2 aliphatic rings. The molecule has 0 spiro atoms. The summed E-state index contributed by atoms with van der Waals surface area (Å²) in [4.78, 5) is 61.7. The molecule has 12 heteroatoms. The molecular formula is C17H18FN5O6. The summed E-state index contributed by atoms with van der Waals surface area (Å²) in [6.07, 6.45) is -0.854. The summed E-state index contributed by atoms with van der Waals surface area (Å²) in [6.45, 7) is 0.515. The average molecular weight is 407 g/mol. The number of anilines is 2. The molecule has 0 saturated carbocycles. The highest BCUT2D eigenvalue weighted by atomic mass is 19.1. The fourth-order valence-electron chi connectivity index (χ4n) is 3.08. The van der Waals surface area contributed by atoms with Gasteiger partial charge in [0.15, 0.2) is 0 Å². The van der Waals surface area contributed by atoms with Crippen molar-refractivity contribution < 1.29 is 33.1 Å². The van der Waals surface area contributed by atoms with Gasteiger partial charge in [0.25, 0.3) is 0 Å². The number of fused-ring (bicyclic) bond motifs is 1. The molecule has 1 aromatic carbocycles. The first-order valence-corrected chi connectivity index (χ1v) is 8.63. The van der Waals surface area contributed by atoms with Crippen molar-refractivity contribution in [3.05, 3.63) is 24.0 Å².